The standard InChI is InChI=1S/C20H21N3O2.HI/c24-18-11-16(25-19-9-5-4-8-17(18)19)13-22-20-21-12-15(23-20)10-14-6-2-1-3-7-14;/h1-9,15-16H,10-13H2,(H2,21,22,23);1H. The van der Waals surface area contributed by atoms with E-state index in [1.165, 1.54) is 5.56 Å². The summed E-state index contributed by atoms with van der Waals surface area (Å²) in [4.78, 5) is 16.7. The van der Waals surface area contributed by atoms with Crippen molar-refractivity contribution < 1.29 is 9.53 Å². The van der Waals surface area contributed by atoms with Gasteiger partial charge in [0.15, 0.2) is 11.7 Å². The third-order valence-corrected chi connectivity index (χ3v) is 4.53. The number of nitrogens with zero attached hydrogens (tertiary/aromatic N) is 1. The summed E-state index contributed by atoms with van der Waals surface area (Å²) in [5.41, 5.74) is 1.98. The highest BCUT2D eigenvalue weighted by Crippen LogP contribution is 2.26. The van der Waals surface area contributed by atoms with E-state index in [1.807, 2.05) is 30.3 Å². The van der Waals surface area contributed by atoms with Crippen LogP contribution >= 0.6 is 24.0 Å². The number of rotatable bonds is 4. The Morgan fingerprint density at radius 1 is 1.12 bits per heavy atom. The Balaban J connectivity index is 0.00000196. The summed E-state index contributed by atoms with van der Waals surface area (Å²) in [5, 5.41) is 6.69. The third-order valence-electron chi connectivity index (χ3n) is 4.53. The summed E-state index contributed by atoms with van der Waals surface area (Å²) in [6.07, 6.45) is 1.17. The molecule has 0 radical (unpaired) electrons. The zero-order valence-corrected chi connectivity index (χ0v) is 16.7. The van der Waals surface area contributed by atoms with Gasteiger partial charge in [-0.1, -0.05) is 42.5 Å². The number of fused-ring (bicyclic) bond motifs is 1. The molecule has 26 heavy (non-hydrogen) atoms. The van der Waals surface area contributed by atoms with Crippen LogP contribution in [0.3, 0.4) is 0 Å². The van der Waals surface area contributed by atoms with Crippen LogP contribution in [0, 0.1) is 0 Å². The lowest BCUT2D eigenvalue weighted by atomic mass is 10.0. The van der Waals surface area contributed by atoms with Gasteiger partial charge in [-0.05, 0) is 24.1 Å². The van der Waals surface area contributed by atoms with Gasteiger partial charge in [0, 0.05) is 6.42 Å². The number of hydrogen-bond acceptors (Lipinski definition) is 5. The first-order valence-electron chi connectivity index (χ1n) is 8.65. The second-order valence-corrected chi connectivity index (χ2v) is 6.46. The van der Waals surface area contributed by atoms with Crippen molar-refractivity contribution in [3.8, 4) is 5.75 Å². The fourth-order valence-electron chi connectivity index (χ4n) is 3.27. The van der Waals surface area contributed by atoms with Gasteiger partial charge in [-0.15, -0.1) is 24.0 Å². The third kappa shape index (κ3) is 4.35. The zero-order valence-electron chi connectivity index (χ0n) is 14.4. The molecule has 5 nitrogen and oxygen atoms in total. The lowest BCUT2D eigenvalue weighted by Gasteiger charge is -2.25. The van der Waals surface area contributed by atoms with Gasteiger partial charge in [0.25, 0.3) is 0 Å². The van der Waals surface area contributed by atoms with Crippen molar-refractivity contribution in [3.05, 3.63) is 65.7 Å². The number of aliphatic imine (C=N–C) groups is 1. The van der Waals surface area contributed by atoms with Gasteiger partial charge in [-0.25, -0.2) is 0 Å². The highest BCUT2D eigenvalue weighted by Gasteiger charge is 2.26. The maximum atomic E-state index is 12.2. The summed E-state index contributed by atoms with van der Waals surface area (Å²) in [6.45, 7) is 1.31. The highest BCUT2D eigenvalue weighted by atomic mass is 127. The lowest BCUT2D eigenvalue weighted by Crippen LogP contribution is -2.45. The maximum absolute atomic E-state index is 12.2. The number of halogens is 1. The Kier molecular flexibility index (Phi) is 6.13. The average Bonchev–Trinajstić information content (AvgIpc) is 3.08. The quantitative estimate of drug-likeness (QED) is 0.685. The number of para-hydroxylation sites is 1. The summed E-state index contributed by atoms with van der Waals surface area (Å²) in [5.74, 6) is 1.60. The van der Waals surface area contributed by atoms with E-state index in [9.17, 15) is 4.79 Å². The maximum Gasteiger partial charge on any atom is 0.191 e. The fraction of sp³-hybridized carbons (Fsp3) is 0.300. The van der Waals surface area contributed by atoms with Crippen LogP contribution in [0.4, 0.5) is 0 Å². The van der Waals surface area contributed by atoms with Gasteiger partial charge in [0.05, 0.1) is 24.7 Å². The lowest BCUT2D eigenvalue weighted by molar-refractivity contribution is 0.0854. The van der Waals surface area contributed by atoms with E-state index in [0.29, 0.717) is 30.3 Å². The molecule has 2 N–H and O–H groups in total. The smallest absolute Gasteiger partial charge is 0.191 e. The first-order valence-corrected chi connectivity index (χ1v) is 8.65. The van der Waals surface area contributed by atoms with Crippen LogP contribution in [0.15, 0.2) is 59.6 Å². The van der Waals surface area contributed by atoms with Crippen LogP contribution in [-0.2, 0) is 6.42 Å². The summed E-state index contributed by atoms with van der Waals surface area (Å²) in [6, 6.07) is 18.1. The summed E-state index contributed by atoms with van der Waals surface area (Å²) in [7, 11) is 0. The minimum absolute atomic E-state index is 0. The molecule has 0 amide bonds. The molecular formula is C20H22IN3O2. The van der Waals surface area contributed by atoms with Crippen molar-refractivity contribution in [1.29, 1.82) is 0 Å². The normalized spacial score (nSPS) is 20.9. The van der Waals surface area contributed by atoms with Gasteiger partial charge in [-0.3, -0.25) is 9.79 Å². The fourth-order valence-corrected chi connectivity index (χ4v) is 3.27. The van der Waals surface area contributed by atoms with Crippen LogP contribution in [0.5, 0.6) is 5.75 Å². The molecule has 0 spiro atoms. The first kappa shape index (κ1) is 18.7. The first-order chi connectivity index (χ1) is 12.3. The Morgan fingerprint density at radius 3 is 2.73 bits per heavy atom. The number of Topliss-reactive ketones (excluding diaryl/α,β-unsaturated/α-hetero) is 1. The molecule has 2 aromatic rings. The van der Waals surface area contributed by atoms with E-state index in [-0.39, 0.29) is 35.9 Å². The Bertz CT molecular complexity index is 795. The molecule has 2 heterocycles. The van der Waals surface area contributed by atoms with Crippen molar-refractivity contribution in [2.75, 3.05) is 13.1 Å². The molecule has 2 aromatic carbocycles. The van der Waals surface area contributed by atoms with E-state index in [2.05, 4.69) is 39.9 Å². The van der Waals surface area contributed by atoms with Gasteiger partial charge in [0.2, 0.25) is 0 Å². The molecule has 2 aliphatic rings. The molecule has 136 valence electrons. The van der Waals surface area contributed by atoms with Crippen LogP contribution in [0.1, 0.15) is 22.3 Å². The number of nitrogens with one attached hydrogen (secondary N) is 2. The SMILES string of the molecule is I.O=C1CC(CNC2=NCC(Cc3ccccc3)N2)Oc2ccccc21. The number of carbonyl (C=O) groups excluding carboxylic acids is 1. The van der Waals surface area contributed by atoms with Crippen molar-refractivity contribution in [1.82, 2.24) is 10.6 Å². The van der Waals surface area contributed by atoms with Crippen LogP contribution in [-0.4, -0.2) is 37.0 Å². The molecule has 4 rings (SSSR count). The molecule has 0 saturated heterocycles. The van der Waals surface area contributed by atoms with Crippen molar-refractivity contribution in [3.63, 3.8) is 0 Å². The number of hydrogen-bond donors (Lipinski definition) is 2. The highest BCUT2D eigenvalue weighted by molar-refractivity contribution is 14.0. The number of ketones is 1. The van der Waals surface area contributed by atoms with Gasteiger partial charge in [-0.2, -0.15) is 0 Å². The van der Waals surface area contributed by atoms with E-state index in [1.54, 1.807) is 0 Å². The summed E-state index contributed by atoms with van der Waals surface area (Å²) >= 11 is 0. The average molecular weight is 463 g/mol. The molecule has 2 atom stereocenters. The van der Waals surface area contributed by atoms with Crippen LogP contribution in [0.2, 0.25) is 0 Å². The topological polar surface area (TPSA) is 62.7 Å². The summed E-state index contributed by atoms with van der Waals surface area (Å²) < 4.78 is 5.92. The Hall–Kier alpha value is -2.09. The minimum atomic E-state index is -0.167. The predicted molar refractivity (Wildman–Crippen MR) is 113 cm³/mol. The van der Waals surface area contributed by atoms with Gasteiger partial charge in [0.1, 0.15) is 11.9 Å². The zero-order chi connectivity index (χ0) is 17.1. The molecule has 0 aliphatic carbocycles. The minimum Gasteiger partial charge on any atom is -0.487 e. The van der Waals surface area contributed by atoms with Gasteiger partial charge < -0.3 is 15.4 Å². The molecule has 0 saturated carbocycles. The Labute approximate surface area is 170 Å². The van der Waals surface area contributed by atoms with Crippen LogP contribution in [0.25, 0.3) is 0 Å². The molecule has 2 unspecified atom stereocenters. The van der Waals surface area contributed by atoms with Crippen molar-refractivity contribution >= 4 is 35.7 Å². The molecule has 2 aliphatic heterocycles. The second kappa shape index (κ2) is 8.53. The van der Waals surface area contributed by atoms with E-state index in [0.717, 1.165) is 18.9 Å². The molecule has 0 fully saturated rings. The predicted octanol–water partition coefficient (Wildman–Crippen LogP) is 2.80. The van der Waals surface area contributed by atoms with Gasteiger partial charge >= 0.3 is 0 Å². The molecule has 0 bridgehead atoms. The molecule has 0 aromatic heterocycles. The number of carbonyl (C=O) groups is 1. The van der Waals surface area contributed by atoms with E-state index in [4.69, 9.17) is 4.74 Å². The second-order valence-electron chi connectivity index (χ2n) is 6.46. The Morgan fingerprint density at radius 2 is 1.88 bits per heavy atom. The number of ether oxygens (including phenoxy) is 1. The molecular weight excluding hydrogens is 441 g/mol. The van der Waals surface area contributed by atoms with Crippen molar-refractivity contribution in [2.45, 2.75) is 25.0 Å². The molecule has 6 heteroatoms. The monoisotopic (exact) mass is 463 g/mol. The van der Waals surface area contributed by atoms with Crippen molar-refractivity contribution in [2.24, 2.45) is 4.99 Å². The number of benzene rings is 2. The van der Waals surface area contributed by atoms with E-state index >= 15 is 0 Å². The number of guanidine groups is 1. The van der Waals surface area contributed by atoms with E-state index < -0.39 is 0 Å². The largest absolute Gasteiger partial charge is 0.487 e. The van der Waals surface area contributed by atoms with Crippen LogP contribution < -0.4 is 15.4 Å².